The van der Waals surface area contributed by atoms with Crippen LogP contribution in [-0.2, 0) is 34.5 Å². The minimum absolute atomic E-state index is 0.00650. The van der Waals surface area contributed by atoms with Crippen molar-refractivity contribution in [1.29, 1.82) is 0 Å². The van der Waals surface area contributed by atoms with Crippen LogP contribution >= 0.6 is 11.8 Å². The average molecular weight is 559 g/mol. The summed E-state index contributed by atoms with van der Waals surface area (Å²) in [5, 5.41) is 21.4. The van der Waals surface area contributed by atoms with E-state index in [2.05, 4.69) is 58.8 Å². The third-order valence-electron chi connectivity index (χ3n) is 7.15. The van der Waals surface area contributed by atoms with Crippen molar-refractivity contribution in [2.45, 2.75) is 50.7 Å². The van der Waals surface area contributed by atoms with Gasteiger partial charge in [-0.25, -0.2) is 0 Å². The maximum absolute atomic E-state index is 11.3. The zero-order valence-electron chi connectivity index (χ0n) is 22.9. The number of hydrogen-bond acceptors (Lipinski definition) is 7. The Labute approximate surface area is 238 Å². The minimum atomic E-state index is -0.538. The fourth-order valence-electron chi connectivity index (χ4n) is 4.79. The van der Waals surface area contributed by atoms with Gasteiger partial charge in [0, 0.05) is 37.8 Å². The fourth-order valence-corrected chi connectivity index (χ4v) is 5.84. The van der Waals surface area contributed by atoms with Crippen LogP contribution in [0.1, 0.15) is 48.5 Å². The Morgan fingerprint density at radius 1 is 1.00 bits per heavy atom. The Kier molecular flexibility index (Phi) is 8.96. The maximum Gasteiger partial charge on any atom is 0.217 e. The van der Waals surface area contributed by atoms with E-state index in [1.165, 1.54) is 6.92 Å². The smallest absolute Gasteiger partial charge is 0.217 e. The lowest BCUT2D eigenvalue weighted by molar-refractivity contribution is -0.268. The van der Waals surface area contributed by atoms with Crippen molar-refractivity contribution < 1.29 is 19.4 Å². The molecule has 5 rings (SSSR count). The monoisotopic (exact) mass is 558 g/mol. The molecule has 4 aromatic rings. The van der Waals surface area contributed by atoms with Crippen molar-refractivity contribution in [2.75, 3.05) is 5.75 Å². The van der Waals surface area contributed by atoms with E-state index in [0.29, 0.717) is 12.3 Å². The first-order valence-corrected chi connectivity index (χ1v) is 14.3. The number of hydrogen-bond donors (Lipinski definition) is 2. The van der Waals surface area contributed by atoms with E-state index < -0.39 is 6.29 Å². The van der Waals surface area contributed by atoms with E-state index >= 15 is 0 Å². The topological polar surface area (TPSA) is 98.5 Å². The van der Waals surface area contributed by atoms with Gasteiger partial charge in [0.1, 0.15) is 6.33 Å². The number of ether oxygens (including phenoxy) is 2. The highest BCUT2D eigenvalue weighted by molar-refractivity contribution is 7.99. The van der Waals surface area contributed by atoms with E-state index in [1.807, 2.05) is 48.0 Å². The molecule has 2 heterocycles. The summed E-state index contributed by atoms with van der Waals surface area (Å²) in [7, 11) is 1.93. The van der Waals surface area contributed by atoms with Gasteiger partial charge in [-0.2, -0.15) is 0 Å². The molecule has 4 atom stereocenters. The van der Waals surface area contributed by atoms with Crippen LogP contribution in [0.4, 0.5) is 0 Å². The summed E-state index contributed by atoms with van der Waals surface area (Å²) in [4.78, 5) is 11.3. The highest BCUT2D eigenvalue weighted by atomic mass is 32.2. The number of benzene rings is 3. The van der Waals surface area contributed by atoms with Crippen molar-refractivity contribution in [1.82, 2.24) is 20.1 Å². The number of carbonyl (C=O) groups is 1. The number of carbonyl (C=O) groups excluding carboxylic acids is 1. The normalized spacial score (nSPS) is 20.8. The number of aryl methyl sites for hydroxylation is 1. The van der Waals surface area contributed by atoms with Gasteiger partial charge in [0.2, 0.25) is 5.91 Å². The third kappa shape index (κ3) is 6.62. The summed E-state index contributed by atoms with van der Waals surface area (Å²) >= 11 is 1.62. The van der Waals surface area contributed by atoms with Crippen molar-refractivity contribution in [2.24, 2.45) is 13.0 Å². The summed E-state index contributed by atoms with van der Waals surface area (Å²) < 4.78 is 15.0. The summed E-state index contributed by atoms with van der Waals surface area (Å²) in [5.74, 6) is 0.743. The van der Waals surface area contributed by atoms with E-state index in [0.717, 1.165) is 38.5 Å². The highest BCUT2D eigenvalue weighted by Gasteiger charge is 2.38. The Hall–Kier alpha value is -3.50. The zero-order chi connectivity index (χ0) is 28.1. The molecule has 3 aromatic carbocycles. The predicted octanol–water partition coefficient (Wildman–Crippen LogP) is 5.19. The molecule has 1 saturated heterocycles. The number of aliphatic hydroxyl groups excluding tert-OH is 1. The van der Waals surface area contributed by atoms with Gasteiger partial charge < -0.3 is 24.5 Å². The van der Waals surface area contributed by atoms with Gasteiger partial charge in [-0.05, 0) is 33.9 Å². The van der Waals surface area contributed by atoms with Gasteiger partial charge in [0.05, 0.1) is 18.8 Å². The third-order valence-corrected chi connectivity index (χ3v) is 8.28. The van der Waals surface area contributed by atoms with Crippen LogP contribution in [0.5, 0.6) is 0 Å². The zero-order valence-corrected chi connectivity index (χ0v) is 23.7. The van der Waals surface area contributed by atoms with E-state index in [4.69, 9.17) is 9.47 Å². The Bertz CT molecular complexity index is 1420. The molecule has 1 fully saturated rings. The number of aliphatic hydroxyl groups is 1. The van der Waals surface area contributed by atoms with Gasteiger partial charge in [-0.3, -0.25) is 4.79 Å². The van der Waals surface area contributed by atoms with Crippen molar-refractivity contribution >= 4 is 17.7 Å². The van der Waals surface area contributed by atoms with Crippen LogP contribution in [0.15, 0.2) is 84.3 Å². The average Bonchev–Trinajstić information content (AvgIpc) is 3.40. The molecular formula is C31H34N4O4S. The molecule has 0 bridgehead atoms. The molecule has 0 saturated carbocycles. The summed E-state index contributed by atoms with van der Waals surface area (Å²) in [6.07, 6.45) is 0.890. The van der Waals surface area contributed by atoms with Crippen LogP contribution in [0.2, 0.25) is 0 Å². The first-order chi connectivity index (χ1) is 19.4. The van der Waals surface area contributed by atoms with E-state index in [9.17, 15) is 9.90 Å². The lowest BCUT2D eigenvalue weighted by atomic mass is 9.91. The molecule has 1 aliphatic heterocycles. The SMILES string of the molecule is CC(=O)NCc1cccc(-c2ccc([C@H]3O[C@@H](CSc4nncn4C)[C@@H](C)[C@@H](c4ccc(CO)cc4)O3)cc2)c1. The second kappa shape index (κ2) is 12.8. The molecule has 1 amide bonds. The van der Waals surface area contributed by atoms with E-state index in [-0.39, 0.29) is 30.6 Å². The standard InChI is InChI=1S/C31H34N4O4S/c1-20-28(18-40-31-34-33-19-35(31)3)38-30(39-29(20)25-9-7-22(17-36)8-10-25)26-13-11-24(12-14-26)27-6-4-5-23(15-27)16-32-21(2)37/h4-15,19-20,28-30,36H,16-18H2,1-3H3,(H,32,37)/t20-,28+,29+,30+/m1/s1. The van der Waals surface area contributed by atoms with Crippen molar-refractivity contribution in [3.63, 3.8) is 0 Å². The van der Waals surface area contributed by atoms with Crippen LogP contribution in [0.3, 0.4) is 0 Å². The second-order valence-electron chi connectivity index (χ2n) is 10.1. The van der Waals surface area contributed by atoms with Gasteiger partial charge in [0.25, 0.3) is 0 Å². The van der Waals surface area contributed by atoms with Crippen LogP contribution in [-0.4, -0.2) is 37.6 Å². The number of thioether (sulfide) groups is 1. The van der Waals surface area contributed by atoms with Crippen LogP contribution in [0.25, 0.3) is 11.1 Å². The maximum atomic E-state index is 11.3. The largest absolute Gasteiger partial charge is 0.392 e. The Balaban J connectivity index is 1.37. The molecular weight excluding hydrogens is 524 g/mol. The van der Waals surface area contributed by atoms with Crippen LogP contribution in [0, 0.1) is 5.92 Å². The number of nitrogens with zero attached hydrogens (tertiary/aromatic N) is 3. The molecule has 2 N–H and O–H groups in total. The lowest BCUT2D eigenvalue weighted by Crippen LogP contribution is -2.38. The fraction of sp³-hybridized carbons (Fsp3) is 0.323. The predicted molar refractivity (Wildman–Crippen MR) is 154 cm³/mol. The van der Waals surface area contributed by atoms with Crippen LogP contribution < -0.4 is 5.32 Å². The van der Waals surface area contributed by atoms with Crippen molar-refractivity contribution in [3.8, 4) is 11.1 Å². The molecule has 1 aromatic heterocycles. The first kappa shape index (κ1) is 28.0. The number of aromatic nitrogens is 3. The number of nitrogens with one attached hydrogen (secondary N) is 1. The molecule has 1 aliphatic rings. The molecule has 0 spiro atoms. The van der Waals surface area contributed by atoms with Gasteiger partial charge in [-0.15, -0.1) is 10.2 Å². The molecule has 40 heavy (non-hydrogen) atoms. The molecule has 208 valence electrons. The van der Waals surface area contributed by atoms with Gasteiger partial charge >= 0.3 is 0 Å². The second-order valence-corrected chi connectivity index (χ2v) is 11.1. The molecule has 0 aliphatic carbocycles. The summed E-state index contributed by atoms with van der Waals surface area (Å²) in [6.45, 7) is 4.18. The highest BCUT2D eigenvalue weighted by Crippen LogP contribution is 2.43. The lowest BCUT2D eigenvalue weighted by Gasteiger charge is -2.41. The number of amides is 1. The quantitative estimate of drug-likeness (QED) is 0.273. The van der Waals surface area contributed by atoms with Gasteiger partial charge in [-0.1, -0.05) is 85.4 Å². The Morgan fingerprint density at radius 3 is 2.42 bits per heavy atom. The summed E-state index contributed by atoms with van der Waals surface area (Å²) in [6, 6.07) is 24.3. The first-order valence-electron chi connectivity index (χ1n) is 13.3. The van der Waals surface area contributed by atoms with E-state index in [1.54, 1.807) is 18.1 Å². The molecule has 8 nitrogen and oxygen atoms in total. The van der Waals surface area contributed by atoms with Gasteiger partial charge in [0.15, 0.2) is 11.4 Å². The molecule has 9 heteroatoms. The minimum Gasteiger partial charge on any atom is -0.392 e. The summed E-state index contributed by atoms with van der Waals surface area (Å²) in [5.41, 5.74) is 6.06. The Morgan fingerprint density at radius 2 is 1.75 bits per heavy atom. The molecule has 0 radical (unpaired) electrons. The number of rotatable bonds is 9. The van der Waals surface area contributed by atoms with Crippen molar-refractivity contribution in [3.05, 3.63) is 101 Å². The molecule has 0 unspecified atom stereocenters.